The largest absolute Gasteiger partial charge is 0.455 e. The number of hydrogen-bond acceptors (Lipinski definition) is 2. The summed E-state index contributed by atoms with van der Waals surface area (Å²) in [6.45, 7) is 0. The minimum absolute atomic E-state index is 0.874. The van der Waals surface area contributed by atoms with Crippen LogP contribution in [0.3, 0.4) is 0 Å². The number of fused-ring (bicyclic) bond motifs is 6. The lowest BCUT2D eigenvalue weighted by Gasteiger charge is -2.17. The predicted molar refractivity (Wildman–Crippen MR) is 201 cm³/mol. The van der Waals surface area contributed by atoms with Gasteiger partial charge < -0.3 is 8.83 Å². The summed E-state index contributed by atoms with van der Waals surface area (Å²) in [6, 6.07) is 56.5. The van der Waals surface area contributed by atoms with Crippen LogP contribution < -0.4 is 0 Å². The van der Waals surface area contributed by atoms with E-state index in [4.69, 9.17) is 8.83 Å². The average Bonchev–Trinajstić information content (AvgIpc) is 3.73. The van der Waals surface area contributed by atoms with E-state index in [2.05, 4.69) is 140 Å². The van der Waals surface area contributed by atoms with Gasteiger partial charge in [0.25, 0.3) is 0 Å². The first-order chi connectivity index (χ1) is 23.8. The Hall–Kier alpha value is -6.38. The molecular weight excluding hydrogens is 585 g/mol. The molecule has 11 aromatic rings. The fraction of sp³-hybridized carbons (Fsp3) is 0. The van der Waals surface area contributed by atoms with Crippen molar-refractivity contribution < 1.29 is 8.83 Å². The number of benzene rings is 9. The molecule has 2 aromatic heterocycles. The summed E-state index contributed by atoms with van der Waals surface area (Å²) in [4.78, 5) is 0. The normalized spacial score (nSPS) is 12.2. The second-order valence-electron chi connectivity index (χ2n) is 12.8. The Morgan fingerprint density at radius 2 is 0.812 bits per heavy atom. The van der Waals surface area contributed by atoms with Crippen LogP contribution in [0.15, 0.2) is 167 Å². The number of hydrogen-bond donors (Lipinski definition) is 0. The van der Waals surface area contributed by atoms with Gasteiger partial charge in [-0.2, -0.15) is 0 Å². The molecule has 2 heterocycles. The Bertz CT molecular complexity index is 3050. The van der Waals surface area contributed by atoms with Crippen LogP contribution in [-0.4, -0.2) is 0 Å². The van der Waals surface area contributed by atoms with Gasteiger partial charge in [-0.3, -0.25) is 0 Å². The molecule has 0 saturated heterocycles. The van der Waals surface area contributed by atoms with Crippen LogP contribution in [-0.2, 0) is 0 Å². The van der Waals surface area contributed by atoms with E-state index in [0.717, 1.165) is 60.6 Å². The average molecular weight is 611 g/mol. The van der Waals surface area contributed by atoms with Crippen molar-refractivity contribution in [2.75, 3.05) is 0 Å². The van der Waals surface area contributed by atoms with Gasteiger partial charge in [-0.05, 0) is 72.8 Å². The van der Waals surface area contributed by atoms with Crippen LogP contribution in [0, 0.1) is 0 Å². The second kappa shape index (κ2) is 9.57. The van der Waals surface area contributed by atoms with Crippen molar-refractivity contribution in [1.82, 2.24) is 0 Å². The van der Waals surface area contributed by atoms with E-state index < -0.39 is 0 Å². The lowest BCUT2D eigenvalue weighted by molar-refractivity contribution is 0.665. The van der Waals surface area contributed by atoms with Gasteiger partial charge in [-0.15, -0.1) is 0 Å². The Morgan fingerprint density at radius 3 is 1.60 bits per heavy atom. The van der Waals surface area contributed by atoms with E-state index >= 15 is 0 Å². The van der Waals surface area contributed by atoms with Crippen molar-refractivity contribution in [2.45, 2.75) is 0 Å². The molecular formula is C46H26O2. The van der Waals surface area contributed by atoms with Crippen LogP contribution >= 0.6 is 0 Å². The second-order valence-corrected chi connectivity index (χ2v) is 12.8. The van der Waals surface area contributed by atoms with Crippen LogP contribution in [0.5, 0.6) is 0 Å². The zero-order chi connectivity index (χ0) is 31.3. The molecule has 0 fully saturated rings. The van der Waals surface area contributed by atoms with E-state index in [1.807, 2.05) is 18.2 Å². The smallest absolute Gasteiger partial charge is 0.144 e. The summed E-state index contributed by atoms with van der Waals surface area (Å²) in [5.74, 6) is 0. The lowest BCUT2D eigenvalue weighted by Crippen LogP contribution is -1.90. The molecule has 0 radical (unpaired) electrons. The van der Waals surface area contributed by atoms with Crippen molar-refractivity contribution in [1.29, 1.82) is 0 Å². The molecule has 0 saturated carbocycles. The standard InChI is InChI=1S/C46H26O2/c1-2-9-27(10-3-1)30-21-17-28-20-24-34-31(22-18-29-19-23-33(30)42(28)43(29)34)35-25-26-38(46-44(35)39-12-5-7-16-41(39)48-46)37-14-8-13-36-32-11-4-6-15-40(32)47-45(36)37/h1-26H. The SMILES string of the molecule is c1ccc(-c2ccc3ccc4c(-c5ccc(-c6cccc7c6oc6ccccc67)c6oc7ccccc7c56)ccc5ccc2c3c54)cc1. The molecule has 0 amide bonds. The molecule has 222 valence electrons. The van der Waals surface area contributed by atoms with Crippen molar-refractivity contribution >= 4 is 76.2 Å². The highest BCUT2D eigenvalue weighted by Gasteiger charge is 2.22. The van der Waals surface area contributed by atoms with Gasteiger partial charge in [0.1, 0.15) is 22.3 Å². The van der Waals surface area contributed by atoms with E-state index in [1.54, 1.807) is 0 Å². The molecule has 48 heavy (non-hydrogen) atoms. The third kappa shape index (κ3) is 3.46. The number of rotatable bonds is 3. The first-order valence-corrected chi connectivity index (χ1v) is 16.4. The first kappa shape index (κ1) is 25.8. The van der Waals surface area contributed by atoms with Crippen LogP contribution in [0.25, 0.3) is 110 Å². The molecule has 2 nitrogen and oxygen atoms in total. The molecule has 0 bridgehead atoms. The summed E-state index contributed by atoms with van der Waals surface area (Å²) in [5.41, 5.74) is 10.4. The third-order valence-corrected chi connectivity index (χ3v) is 10.3. The predicted octanol–water partition coefficient (Wildman–Crippen LogP) is 13.4. The molecule has 0 spiro atoms. The lowest BCUT2D eigenvalue weighted by atomic mass is 9.86. The fourth-order valence-electron chi connectivity index (χ4n) is 8.13. The van der Waals surface area contributed by atoms with E-state index in [1.165, 1.54) is 49.0 Å². The van der Waals surface area contributed by atoms with Crippen molar-refractivity contribution in [2.24, 2.45) is 0 Å². The molecule has 0 unspecified atom stereocenters. The highest BCUT2D eigenvalue weighted by Crippen LogP contribution is 2.47. The molecule has 0 N–H and O–H groups in total. The van der Waals surface area contributed by atoms with Gasteiger partial charge in [-0.1, -0.05) is 140 Å². The van der Waals surface area contributed by atoms with Gasteiger partial charge in [0.05, 0.1) is 0 Å². The third-order valence-electron chi connectivity index (χ3n) is 10.3. The highest BCUT2D eigenvalue weighted by atomic mass is 16.3. The van der Waals surface area contributed by atoms with Gasteiger partial charge in [0.15, 0.2) is 0 Å². The van der Waals surface area contributed by atoms with Crippen molar-refractivity contribution in [3.05, 3.63) is 158 Å². The molecule has 11 rings (SSSR count). The molecule has 0 atom stereocenters. The summed E-state index contributed by atoms with van der Waals surface area (Å²) in [5, 5.41) is 12.1. The van der Waals surface area contributed by atoms with Crippen LogP contribution in [0.1, 0.15) is 0 Å². The Labute approximate surface area is 275 Å². The maximum Gasteiger partial charge on any atom is 0.144 e. The molecule has 0 aliphatic rings. The summed E-state index contributed by atoms with van der Waals surface area (Å²) in [7, 11) is 0. The Balaban J connectivity index is 1.22. The van der Waals surface area contributed by atoms with Crippen LogP contribution in [0.4, 0.5) is 0 Å². The van der Waals surface area contributed by atoms with E-state index in [9.17, 15) is 0 Å². The molecule has 0 aliphatic heterocycles. The zero-order valence-corrected chi connectivity index (χ0v) is 25.8. The fourth-order valence-corrected chi connectivity index (χ4v) is 8.13. The Kier molecular flexibility index (Phi) is 5.14. The monoisotopic (exact) mass is 610 g/mol. The summed E-state index contributed by atoms with van der Waals surface area (Å²) >= 11 is 0. The Morgan fingerprint density at radius 1 is 0.271 bits per heavy atom. The van der Waals surface area contributed by atoms with Crippen LogP contribution in [0.2, 0.25) is 0 Å². The first-order valence-electron chi connectivity index (χ1n) is 16.4. The molecule has 9 aromatic carbocycles. The van der Waals surface area contributed by atoms with Gasteiger partial charge in [-0.25, -0.2) is 0 Å². The van der Waals surface area contributed by atoms with Crippen molar-refractivity contribution in [3.63, 3.8) is 0 Å². The van der Waals surface area contributed by atoms with Crippen molar-refractivity contribution in [3.8, 4) is 33.4 Å². The highest BCUT2D eigenvalue weighted by molar-refractivity contribution is 6.29. The quantitative estimate of drug-likeness (QED) is 0.186. The van der Waals surface area contributed by atoms with Gasteiger partial charge in [0.2, 0.25) is 0 Å². The minimum atomic E-state index is 0.874. The number of furan rings is 2. The molecule has 0 aliphatic carbocycles. The topological polar surface area (TPSA) is 26.3 Å². The minimum Gasteiger partial charge on any atom is -0.455 e. The number of para-hydroxylation sites is 3. The summed E-state index contributed by atoms with van der Waals surface area (Å²) in [6.07, 6.45) is 0. The van der Waals surface area contributed by atoms with E-state index in [0.29, 0.717) is 0 Å². The maximum atomic E-state index is 6.77. The van der Waals surface area contributed by atoms with Gasteiger partial charge in [0, 0.05) is 32.7 Å². The summed E-state index contributed by atoms with van der Waals surface area (Å²) < 4.78 is 13.3. The zero-order valence-electron chi connectivity index (χ0n) is 25.8. The van der Waals surface area contributed by atoms with Gasteiger partial charge >= 0.3 is 0 Å². The molecule has 2 heteroatoms. The van der Waals surface area contributed by atoms with E-state index in [-0.39, 0.29) is 0 Å². The maximum absolute atomic E-state index is 6.77.